The van der Waals surface area contributed by atoms with Gasteiger partial charge in [0.25, 0.3) is 0 Å². The number of hydrogen-bond acceptors (Lipinski definition) is 3. The van der Waals surface area contributed by atoms with E-state index in [-0.39, 0.29) is 17.7 Å². The number of halogens is 1. The molecule has 0 aliphatic heterocycles. The maximum absolute atomic E-state index is 12.7. The van der Waals surface area contributed by atoms with Crippen molar-refractivity contribution in [2.75, 3.05) is 16.0 Å². The molecule has 1 aliphatic carbocycles. The monoisotopic (exact) mass is 385 g/mol. The lowest BCUT2D eigenvalue weighted by molar-refractivity contribution is -0.131. The first-order valence-electron chi connectivity index (χ1n) is 8.57. The van der Waals surface area contributed by atoms with Gasteiger partial charge in [-0.2, -0.15) is 0 Å². The van der Waals surface area contributed by atoms with Crippen LogP contribution < -0.4 is 16.0 Å². The lowest BCUT2D eigenvalue weighted by Crippen LogP contribution is -2.35. The van der Waals surface area contributed by atoms with Gasteiger partial charge in [0.2, 0.25) is 17.7 Å². The zero-order valence-electron chi connectivity index (χ0n) is 15.1. The summed E-state index contributed by atoms with van der Waals surface area (Å²) < 4.78 is 0. The smallest absolute Gasteiger partial charge is 0.240 e. The number of nitrogens with one attached hydrogen (secondary N) is 3. The molecule has 0 bridgehead atoms. The van der Waals surface area contributed by atoms with E-state index in [1.807, 2.05) is 13.0 Å². The molecule has 0 radical (unpaired) electrons. The quantitative estimate of drug-likeness (QED) is 0.680. The molecule has 0 saturated heterocycles. The van der Waals surface area contributed by atoms with Crippen molar-refractivity contribution < 1.29 is 14.4 Å². The van der Waals surface area contributed by atoms with Crippen LogP contribution in [-0.4, -0.2) is 17.7 Å². The van der Waals surface area contributed by atoms with Crippen LogP contribution in [0.1, 0.15) is 25.3 Å². The Labute approximate surface area is 162 Å². The van der Waals surface area contributed by atoms with E-state index in [0.717, 1.165) is 5.56 Å². The Morgan fingerprint density at radius 1 is 0.889 bits per heavy atom. The minimum Gasteiger partial charge on any atom is -0.326 e. The summed E-state index contributed by atoms with van der Waals surface area (Å²) in [4.78, 5) is 36.4. The van der Waals surface area contributed by atoms with Crippen LogP contribution in [0.15, 0.2) is 42.5 Å². The van der Waals surface area contributed by atoms with Gasteiger partial charge in [-0.05, 0) is 61.7 Å². The summed E-state index contributed by atoms with van der Waals surface area (Å²) >= 11 is 5.99. The second kappa shape index (κ2) is 7.40. The van der Waals surface area contributed by atoms with Gasteiger partial charge in [-0.25, -0.2) is 0 Å². The number of hydrogen-bond donors (Lipinski definition) is 3. The number of carbonyl (C=O) groups excluding carboxylic acids is 3. The first-order valence-corrected chi connectivity index (χ1v) is 8.95. The van der Waals surface area contributed by atoms with Crippen LogP contribution in [0.5, 0.6) is 0 Å². The molecule has 3 N–H and O–H groups in total. The molecule has 3 rings (SSSR count). The molecule has 1 saturated carbocycles. The molecule has 0 atom stereocenters. The highest BCUT2D eigenvalue weighted by molar-refractivity contribution is 6.31. The second-order valence-corrected chi connectivity index (χ2v) is 7.14. The fourth-order valence-corrected chi connectivity index (χ4v) is 2.92. The molecule has 0 aromatic heterocycles. The number of aryl methyl sites for hydroxylation is 1. The predicted octanol–water partition coefficient (Wildman–Crippen LogP) is 3.96. The van der Waals surface area contributed by atoms with Crippen molar-refractivity contribution in [3.05, 3.63) is 53.1 Å². The van der Waals surface area contributed by atoms with E-state index in [4.69, 9.17) is 11.6 Å². The number of benzene rings is 2. The Kier molecular flexibility index (Phi) is 5.19. The third-order valence-electron chi connectivity index (χ3n) is 4.53. The van der Waals surface area contributed by atoms with Gasteiger partial charge < -0.3 is 16.0 Å². The number of rotatable bonds is 5. The van der Waals surface area contributed by atoms with Crippen molar-refractivity contribution >= 4 is 46.4 Å². The summed E-state index contributed by atoms with van der Waals surface area (Å²) in [6.45, 7) is 3.29. The van der Waals surface area contributed by atoms with E-state index in [1.54, 1.807) is 36.4 Å². The number of anilines is 3. The molecule has 27 heavy (non-hydrogen) atoms. The normalized spacial score (nSPS) is 14.2. The van der Waals surface area contributed by atoms with Crippen molar-refractivity contribution in [3.63, 3.8) is 0 Å². The Morgan fingerprint density at radius 3 is 2.00 bits per heavy atom. The lowest BCUT2D eigenvalue weighted by Gasteiger charge is -2.17. The highest BCUT2D eigenvalue weighted by Gasteiger charge is 2.56. The van der Waals surface area contributed by atoms with Gasteiger partial charge in [-0.1, -0.05) is 17.7 Å². The summed E-state index contributed by atoms with van der Waals surface area (Å²) in [7, 11) is 0. The Bertz CT molecular complexity index is 905. The van der Waals surface area contributed by atoms with Gasteiger partial charge in [0.05, 0.1) is 0 Å². The van der Waals surface area contributed by atoms with Gasteiger partial charge in [-0.3, -0.25) is 14.4 Å². The molecule has 3 amide bonds. The highest BCUT2D eigenvalue weighted by atomic mass is 35.5. The molecule has 0 unspecified atom stereocenters. The van der Waals surface area contributed by atoms with Crippen molar-refractivity contribution in [1.82, 2.24) is 0 Å². The summed E-state index contributed by atoms with van der Waals surface area (Å²) in [5.41, 5.74) is 1.61. The molecule has 1 fully saturated rings. The van der Waals surface area contributed by atoms with Crippen LogP contribution in [-0.2, 0) is 14.4 Å². The van der Waals surface area contributed by atoms with Crippen molar-refractivity contribution in [3.8, 4) is 0 Å². The first-order chi connectivity index (χ1) is 12.8. The van der Waals surface area contributed by atoms with Crippen molar-refractivity contribution in [1.29, 1.82) is 0 Å². The second-order valence-electron chi connectivity index (χ2n) is 6.71. The fraction of sp³-hybridized carbons (Fsp3) is 0.250. The SMILES string of the molecule is CC(=O)Nc1ccc(NC(=O)C2(C(=O)Nc3cc(Cl)ccc3C)CC2)cc1. The summed E-state index contributed by atoms with van der Waals surface area (Å²) in [5, 5.41) is 8.77. The molecule has 2 aromatic rings. The number of carbonyl (C=O) groups is 3. The van der Waals surface area contributed by atoms with Crippen LogP contribution in [0.2, 0.25) is 5.02 Å². The highest BCUT2D eigenvalue weighted by Crippen LogP contribution is 2.47. The molecule has 1 aliphatic rings. The average Bonchev–Trinajstić information content (AvgIpc) is 3.41. The van der Waals surface area contributed by atoms with Gasteiger partial charge in [0.1, 0.15) is 5.41 Å². The molecule has 6 nitrogen and oxygen atoms in total. The predicted molar refractivity (Wildman–Crippen MR) is 106 cm³/mol. The van der Waals surface area contributed by atoms with E-state index < -0.39 is 5.41 Å². The Balaban J connectivity index is 1.67. The van der Waals surface area contributed by atoms with E-state index >= 15 is 0 Å². The first kappa shape index (κ1) is 18.9. The third-order valence-corrected chi connectivity index (χ3v) is 4.77. The van der Waals surface area contributed by atoms with Crippen molar-refractivity contribution in [2.45, 2.75) is 26.7 Å². The van der Waals surface area contributed by atoms with Gasteiger partial charge in [0, 0.05) is 29.0 Å². The maximum Gasteiger partial charge on any atom is 0.240 e. The minimum atomic E-state index is -1.06. The summed E-state index contributed by atoms with van der Waals surface area (Å²) in [5.74, 6) is -0.844. The van der Waals surface area contributed by atoms with E-state index in [2.05, 4.69) is 16.0 Å². The average molecular weight is 386 g/mol. The Morgan fingerprint density at radius 2 is 1.44 bits per heavy atom. The van der Waals surface area contributed by atoms with Gasteiger partial charge >= 0.3 is 0 Å². The zero-order valence-corrected chi connectivity index (χ0v) is 15.8. The van der Waals surface area contributed by atoms with Crippen molar-refractivity contribution in [2.24, 2.45) is 5.41 Å². The van der Waals surface area contributed by atoms with Crippen LogP contribution >= 0.6 is 11.6 Å². The van der Waals surface area contributed by atoms with Gasteiger partial charge in [0.15, 0.2) is 0 Å². The van der Waals surface area contributed by atoms with Crippen LogP contribution in [0.4, 0.5) is 17.1 Å². The zero-order chi connectivity index (χ0) is 19.6. The standard InChI is InChI=1S/C20H20ClN3O3/c1-12-3-4-14(21)11-17(12)24-19(27)20(9-10-20)18(26)23-16-7-5-15(6-8-16)22-13(2)25/h3-8,11H,9-10H2,1-2H3,(H,22,25)(H,23,26)(H,24,27). The van der Waals surface area contributed by atoms with E-state index in [0.29, 0.717) is 34.9 Å². The lowest BCUT2D eigenvalue weighted by atomic mass is 10.0. The van der Waals surface area contributed by atoms with Crippen LogP contribution in [0, 0.1) is 12.3 Å². The molecule has 7 heteroatoms. The molecule has 140 valence electrons. The summed E-state index contributed by atoms with van der Waals surface area (Å²) in [6.07, 6.45) is 0.989. The molecule has 2 aromatic carbocycles. The fourth-order valence-electron chi connectivity index (χ4n) is 2.74. The Hall–Kier alpha value is -2.86. The molecular weight excluding hydrogens is 366 g/mol. The molecule has 0 spiro atoms. The number of amides is 3. The topological polar surface area (TPSA) is 87.3 Å². The van der Waals surface area contributed by atoms with E-state index in [1.165, 1.54) is 6.92 Å². The van der Waals surface area contributed by atoms with Crippen LogP contribution in [0.25, 0.3) is 0 Å². The van der Waals surface area contributed by atoms with Crippen LogP contribution in [0.3, 0.4) is 0 Å². The third kappa shape index (κ3) is 4.28. The molecular formula is C20H20ClN3O3. The van der Waals surface area contributed by atoms with Gasteiger partial charge in [-0.15, -0.1) is 0 Å². The summed E-state index contributed by atoms with van der Waals surface area (Å²) in [6, 6.07) is 12.0. The maximum atomic E-state index is 12.7. The molecule has 0 heterocycles. The van der Waals surface area contributed by atoms with E-state index in [9.17, 15) is 14.4 Å². The minimum absolute atomic E-state index is 0.170. The largest absolute Gasteiger partial charge is 0.326 e.